The SMILES string of the molecule is COc1cc(C(=O)NCc2ccccc2C[NH+]2CCOCC2)ccc1OCCC(C)C. The summed E-state index contributed by atoms with van der Waals surface area (Å²) >= 11 is 0. The van der Waals surface area contributed by atoms with Crippen LogP contribution in [0.5, 0.6) is 11.5 Å². The standard InChI is InChI=1S/C25H34N2O4/c1-19(2)10-13-31-23-9-8-20(16-24(23)29-3)25(28)26-17-21-6-4-5-7-22(21)18-27-11-14-30-15-12-27/h4-9,16,19H,10-15,17-18H2,1-3H3,(H,26,28)/p+1. The average Bonchev–Trinajstić information content (AvgIpc) is 2.79. The lowest BCUT2D eigenvalue weighted by Crippen LogP contribution is -3.12. The molecule has 2 aromatic rings. The van der Waals surface area contributed by atoms with Crippen LogP contribution in [0.2, 0.25) is 0 Å². The van der Waals surface area contributed by atoms with E-state index in [1.165, 1.54) is 10.5 Å². The first-order valence-corrected chi connectivity index (χ1v) is 11.1. The van der Waals surface area contributed by atoms with Crippen molar-refractivity contribution < 1.29 is 23.9 Å². The van der Waals surface area contributed by atoms with E-state index in [2.05, 4.69) is 37.4 Å². The van der Waals surface area contributed by atoms with E-state index in [1.54, 1.807) is 19.2 Å². The smallest absolute Gasteiger partial charge is 0.251 e. The van der Waals surface area contributed by atoms with E-state index >= 15 is 0 Å². The molecule has 0 spiro atoms. The third-order valence-electron chi connectivity index (χ3n) is 5.58. The second-order valence-electron chi connectivity index (χ2n) is 8.39. The van der Waals surface area contributed by atoms with E-state index < -0.39 is 0 Å². The Bertz CT molecular complexity index is 847. The first kappa shape index (κ1) is 23.1. The molecule has 1 aliphatic rings. The molecule has 0 aliphatic carbocycles. The minimum absolute atomic E-state index is 0.124. The maximum Gasteiger partial charge on any atom is 0.251 e. The topological polar surface area (TPSA) is 61.2 Å². The maximum absolute atomic E-state index is 12.8. The van der Waals surface area contributed by atoms with Gasteiger partial charge in [0.25, 0.3) is 5.91 Å². The Kier molecular flexibility index (Phi) is 8.74. The fourth-order valence-corrected chi connectivity index (χ4v) is 3.62. The van der Waals surface area contributed by atoms with Gasteiger partial charge < -0.3 is 24.4 Å². The molecular formula is C25H35N2O4+. The van der Waals surface area contributed by atoms with Crippen LogP contribution in [0.3, 0.4) is 0 Å². The number of nitrogens with one attached hydrogen (secondary N) is 2. The summed E-state index contributed by atoms with van der Waals surface area (Å²) in [5.41, 5.74) is 2.98. The molecule has 0 unspecified atom stereocenters. The Morgan fingerprint density at radius 1 is 1.10 bits per heavy atom. The van der Waals surface area contributed by atoms with Crippen molar-refractivity contribution in [3.05, 3.63) is 59.2 Å². The number of ether oxygens (including phenoxy) is 3. The van der Waals surface area contributed by atoms with Gasteiger partial charge in [0, 0.05) is 17.7 Å². The molecule has 1 fully saturated rings. The number of carbonyl (C=O) groups excluding carboxylic acids is 1. The van der Waals surface area contributed by atoms with Gasteiger partial charge in [0.05, 0.1) is 26.9 Å². The lowest BCUT2D eigenvalue weighted by Gasteiger charge is -2.24. The highest BCUT2D eigenvalue weighted by molar-refractivity contribution is 5.94. The summed E-state index contributed by atoms with van der Waals surface area (Å²) in [6, 6.07) is 13.6. The number of amides is 1. The highest BCUT2D eigenvalue weighted by atomic mass is 16.5. The fraction of sp³-hybridized carbons (Fsp3) is 0.480. The van der Waals surface area contributed by atoms with Gasteiger partial charge in [-0.25, -0.2) is 0 Å². The molecule has 6 heteroatoms. The van der Waals surface area contributed by atoms with Gasteiger partial charge in [0.1, 0.15) is 19.6 Å². The first-order valence-electron chi connectivity index (χ1n) is 11.1. The molecule has 1 saturated heterocycles. The minimum Gasteiger partial charge on any atom is -0.493 e. The van der Waals surface area contributed by atoms with Crippen molar-refractivity contribution in [3.63, 3.8) is 0 Å². The van der Waals surface area contributed by atoms with E-state index in [0.717, 1.165) is 44.8 Å². The van der Waals surface area contributed by atoms with Crippen LogP contribution >= 0.6 is 0 Å². The number of carbonyl (C=O) groups is 1. The van der Waals surface area contributed by atoms with Crippen LogP contribution in [-0.2, 0) is 17.8 Å². The van der Waals surface area contributed by atoms with Crippen molar-refractivity contribution in [2.24, 2.45) is 5.92 Å². The van der Waals surface area contributed by atoms with Crippen LogP contribution in [0.15, 0.2) is 42.5 Å². The van der Waals surface area contributed by atoms with Gasteiger partial charge in [-0.05, 0) is 36.1 Å². The van der Waals surface area contributed by atoms with Crippen molar-refractivity contribution in [2.75, 3.05) is 40.0 Å². The van der Waals surface area contributed by atoms with Crippen LogP contribution in [-0.4, -0.2) is 45.9 Å². The Morgan fingerprint density at radius 2 is 1.84 bits per heavy atom. The van der Waals surface area contributed by atoms with Gasteiger partial charge in [-0.2, -0.15) is 0 Å². The van der Waals surface area contributed by atoms with Crippen molar-refractivity contribution in [1.82, 2.24) is 5.32 Å². The maximum atomic E-state index is 12.8. The number of rotatable bonds is 10. The Hall–Kier alpha value is -2.57. The van der Waals surface area contributed by atoms with E-state index in [-0.39, 0.29) is 5.91 Å². The molecule has 1 heterocycles. The molecular weight excluding hydrogens is 392 g/mol. The molecule has 31 heavy (non-hydrogen) atoms. The Labute approximate surface area is 185 Å². The van der Waals surface area contributed by atoms with Crippen LogP contribution in [0.4, 0.5) is 0 Å². The van der Waals surface area contributed by atoms with Gasteiger partial charge in [0.15, 0.2) is 11.5 Å². The summed E-state index contributed by atoms with van der Waals surface area (Å²) in [6.45, 7) is 10.1. The van der Waals surface area contributed by atoms with Gasteiger partial charge >= 0.3 is 0 Å². The van der Waals surface area contributed by atoms with Crippen molar-refractivity contribution in [3.8, 4) is 11.5 Å². The van der Waals surface area contributed by atoms with Gasteiger partial charge in [-0.1, -0.05) is 38.1 Å². The lowest BCUT2D eigenvalue weighted by atomic mass is 10.1. The molecule has 1 amide bonds. The number of hydrogen-bond acceptors (Lipinski definition) is 4. The Balaban J connectivity index is 1.60. The van der Waals surface area contributed by atoms with Crippen molar-refractivity contribution in [2.45, 2.75) is 33.4 Å². The van der Waals surface area contributed by atoms with Crippen LogP contribution in [0.1, 0.15) is 41.8 Å². The van der Waals surface area contributed by atoms with Crippen molar-refractivity contribution >= 4 is 5.91 Å². The van der Waals surface area contributed by atoms with Gasteiger partial charge in [0.2, 0.25) is 0 Å². The number of hydrogen-bond donors (Lipinski definition) is 2. The second-order valence-corrected chi connectivity index (χ2v) is 8.39. The summed E-state index contributed by atoms with van der Waals surface area (Å²) in [4.78, 5) is 14.3. The number of benzene rings is 2. The van der Waals surface area contributed by atoms with E-state index in [9.17, 15) is 4.79 Å². The third kappa shape index (κ3) is 6.97. The normalized spacial score (nSPS) is 14.5. The average molecular weight is 428 g/mol. The monoisotopic (exact) mass is 427 g/mol. The summed E-state index contributed by atoms with van der Waals surface area (Å²) in [7, 11) is 1.59. The Morgan fingerprint density at radius 3 is 2.55 bits per heavy atom. The summed E-state index contributed by atoms with van der Waals surface area (Å²) in [6.07, 6.45) is 0.969. The second kappa shape index (κ2) is 11.7. The lowest BCUT2D eigenvalue weighted by molar-refractivity contribution is -0.921. The van der Waals surface area contributed by atoms with Gasteiger partial charge in [-0.15, -0.1) is 0 Å². The summed E-state index contributed by atoms with van der Waals surface area (Å²) in [5.74, 6) is 1.69. The summed E-state index contributed by atoms with van der Waals surface area (Å²) in [5, 5.41) is 3.05. The molecule has 0 radical (unpaired) electrons. The predicted octanol–water partition coefficient (Wildman–Crippen LogP) is 2.47. The minimum atomic E-state index is -0.124. The van der Waals surface area contributed by atoms with Crippen molar-refractivity contribution in [1.29, 1.82) is 0 Å². The number of methoxy groups -OCH3 is 1. The predicted molar refractivity (Wildman–Crippen MR) is 121 cm³/mol. The fourth-order valence-electron chi connectivity index (χ4n) is 3.62. The molecule has 6 nitrogen and oxygen atoms in total. The molecule has 3 rings (SSSR count). The zero-order valence-corrected chi connectivity index (χ0v) is 18.9. The molecule has 168 valence electrons. The van der Waals surface area contributed by atoms with E-state index in [4.69, 9.17) is 14.2 Å². The molecule has 2 N–H and O–H groups in total. The van der Waals surface area contributed by atoms with E-state index in [0.29, 0.717) is 36.1 Å². The highest BCUT2D eigenvalue weighted by Gasteiger charge is 2.17. The number of quaternary nitrogens is 1. The van der Waals surface area contributed by atoms with Crippen LogP contribution in [0, 0.1) is 5.92 Å². The van der Waals surface area contributed by atoms with Crippen LogP contribution in [0.25, 0.3) is 0 Å². The van der Waals surface area contributed by atoms with Gasteiger partial charge in [-0.3, -0.25) is 4.79 Å². The first-order chi connectivity index (χ1) is 15.1. The largest absolute Gasteiger partial charge is 0.493 e. The number of morpholine rings is 1. The zero-order chi connectivity index (χ0) is 22.1. The highest BCUT2D eigenvalue weighted by Crippen LogP contribution is 2.28. The summed E-state index contributed by atoms with van der Waals surface area (Å²) < 4.78 is 16.7. The van der Waals surface area contributed by atoms with E-state index in [1.807, 2.05) is 12.1 Å². The molecule has 0 aromatic heterocycles. The van der Waals surface area contributed by atoms with Crippen LogP contribution < -0.4 is 19.7 Å². The molecule has 0 saturated carbocycles. The quantitative estimate of drug-likeness (QED) is 0.612. The molecule has 0 bridgehead atoms. The zero-order valence-electron chi connectivity index (χ0n) is 18.9. The molecule has 2 aromatic carbocycles. The third-order valence-corrected chi connectivity index (χ3v) is 5.58. The molecule has 1 aliphatic heterocycles. The molecule has 0 atom stereocenters.